The van der Waals surface area contributed by atoms with Gasteiger partial charge in [-0.1, -0.05) is 13.8 Å². The van der Waals surface area contributed by atoms with Crippen molar-refractivity contribution < 1.29 is 19.4 Å². The summed E-state index contributed by atoms with van der Waals surface area (Å²) in [7, 11) is 1.64. The summed E-state index contributed by atoms with van der Waals surface area (Å²) in [5.41, 5.74) is 0.424. The third kappa shape index (κ3) is 4.52. The molecule has 10 heteroatoms. The highest BCUT2D eigenvalue weighted by Gasteiger charge is 2.30. The largest absolute Gasteiger partial charge is 0.494 e. The average Bonchev–Trinajstić information content (AvgIpc) is 3.32. The van der Waals surface area contributed by atoms with E-state index in [2.05, 4.69) is 10.4 Å². The summed E-state index contributed by atoms with van der Waals surface area (Å²) in [6.07, 6.45) is 5.63. The number of hydrogen-bond donors (Lipinski definition) is 2. The normalized spacial score (nSPS) is 18.7. The van der Waals surface area contributed by atoms with Crippen molar-refractivity contribution in [3.8, 4) is 5.88 Å². The molecule has 2 amide bonds. The van der Waals surface area contributed by atoms with Crippen LogP contribution in [0, 0.1) is 12.8 Å². The summed E-state index contributed by atoms with van der Waals surface area (Å²) >= 11 is 0. The Balaban J connectivity index is 1.77. The lowest BCUT2D eigenvalue weighted by Gasteiger charge is -2.17. The van der Waals surface area contributed by atoms with Gasteiger partial charge in [0.15, 0.2) is 5.56 Å². The number of nitrogens with one attached hydrogen (secondary N) is 1. The van der Waals surface area contributed by atoms with E-state index in [4.69, 9.17) is 4.74 Å². The van der Waals surface area contributed by atoms with Crippen LogP contribution in [0.25, 0.3) is 11.7 Å². The number of carbonyl (C=O) groups is 2. The lowest BCUT2D eigenvalue weighted by molar-refractivity contribution is -0.125. The fourth-order valence-electron chi connectivity index (χ4n) is 4.16. The second kappa shape index (κ2) is 9.01. The smallest absolute Gasteiger partial charge is 0.291 e. The predicted molar refractivity (Wildman–Crippen MR) is 122 cm³/mol. The minimum atomic E-state index is -0.683. The number of nitrogens with zero attached hydrogens (tertiary/aromatic N) is 4. The van der Waals surface area contributed by atoms with E-state index in [1.165, 1.54) is 10.6 Å². The average molecular weight is 458 g/mol. The van der Waals surface area contributed by atoms with Crippen molar-refractivity contribution in [1.29, 1.82) is 0 Å². The molecule has 1 atom stereocenters. The Morgan fingerprint density at radius 1 is 1.30 bits per heavy atom. The summed E-state index contributed by atoms with van der Waals surface area (Å²) in [5, 5.41) is 18.1. The number of aromatic hydroxyl groups is 1. The molecule has 0 unspecified atom stereocenters. The Morgan fingerprint density at radius 3 is 2.64 bits per heavy atom. The SMILES string of the molecule is CO[C@H]1CCN(C(=O)/C=C/c2c(C)nn3c(=O)c(C(=O)NC4CC4)c(O)n(CC(C)C)c23)C1. The number of rotatable bonds is 7. The number of carbonyl (C=O) groups excluding carboxylic acids is 2. The van der Waals surface area contributed by atoms with E-state index in [1.807, 2.05) is 13.8 Å². The Labute approximate surface area is 191 Å². The van der Waals surface area contributed by atoms with Gasteiger partial charge in [-0.2, -0.15) is 9.61 Å². The first kappa shape index (κ1) is 23.0. The molecule has 0 spiro atoms. The molecule has 178 valence electrons. The predicted octanol–water partition coefficient (Wildman–Crippen LogP) is 1.32. The molecule has 10 nitrogen and oxygen atoms in total. The number of amides is 2. The molecule has 1 aliphatic heterocycles. The second-order valence-corrected chi connectivity index (χ2v) is 9.25. The fraction of sp³-hybridized carbons (Fsp3) is 0.565. The van der Waals surface area contributed by atoms with E-state index in [0.717, 1.165) is 23.8 Å². The molecule has 2 aliphatic rings. The van der Waals surface area contributed by atoms with Crippen molar-refractivity contribution in [2.24, 2.45) is 5.92 Å². The Bertz CT molecular complexity index is 1170. The number of fused-ring (bicyclic) bond motifs is 1. The number of likely N-dealkylation sites (tertiary alicyclic amines) is 1. The zero-order valence-corrected chi connectivity index (χ0v) is 19.5. The van der Waals surface area contributed by atoms with Crippen LogP contribution >= 0.6 is 0 Å². The topological polar surface area (TPSA) is 118 Å². The maximum atomic E-state index is 13.2. The van der Waals surface area contributed by atoms with Gasteiger partial charge in [-0.15, -0.1) is 0 Å². The van der Waals surface area contributed by atoms with Gasteiger partial charge in [0.25, 0.3) is 11.5 Å². The van der Waals surface area contributed by atoms with E-state index < -0.39 is 11.5 Å². The zero-order valence-electron chi connectivity index (χ0n) is 19.5. The van der Waals surface area contributed by atoms with Crippen LogP contribution in [0.3, 0.4) is 0 Å². The number of aryl methyl sites for hydroxylation is 1. The molecule has 1 saturated heterocycles. The molecule has 2 N–H and O–H groups in total. The van der Waals surface area contributed by atoms with Crippen LogP contribution in [0.15, 0.2) is 10.9 Å². The highest BCUT2D eigenvalue weighted by atomic mass is 16.5. The number of methoxy groups -OCH3 is 1. The van der Waals surface area contributed by atoms with E-state index in [0.29, 0.717) is 36.5 Å². The van der Waals surface area contributed by atoms with E-state index in [1.54, 1.807) is 25.0 Å². The van der Waals surface area contributed by atoms with Crippen molar-refractivity contribution in [2.75, 3.05) is 20.2 Å². The summed E-state index contributed by atoms with van der Waals surface area (Å²) in [6, 6.07) is 0.0395. The quantitative estimate of drug-likeness (QED) is 0.606. The van der Waals surface area contributed by atoms with Gasteiger partial charge in [0.05, 0.1) is 11.8 Å². The molecule has 0 radical (unpaired) electrons. The second-order valence-electron chi connectivity index (χ2n) is 9.25. The minimum Gasteiger partial charge on any atom is -0.494 e. The number of hydrogen-bond acceptors (Lipinski definition) is 6. The van der Waals surface area contributed by atoms with Gasteiger partial charge in [0, 0.05) is 44.4 Å². The molecule has 33 heavy (non-hydrogen) atoms. The Kier molecular flexibility index (Phi) is 6.29. The molecule has 0 aromatic carbocycles. The van der Waals surface area contributed by atoms with Crippen molar-refractivity contribution in [1.82, 2.24) is 24.4 Å². The van der Waals surface area contributed by atoms with Gasteiger partial charge in [0.1, 0.15) is 5.65 Å². The van der Waals surface area contributed by atoms with E-state index in [-0.39, 0.29) is 35.4 Å². The summed E-state index contributed by atoms with van der Waals surface area (Å²) < 4.78 is 8.02. The zero-order chi connectivity index (χ0) is 23.9. The monoisotopic (exact) mass is 457 g/mol. The van der Waals surface area contributed by atoms with Crippen LogP contribution in [-0.4, -0.2) is 68.3 Å². The third-order valence-corrected chi connectivity index (χ3v) is 6.09. The Morgan fingerprint density at radius 2 is 2.03 bits per heavy atom. The first-order valence-electron chi connectivity index (χ1n) is 11.4. The first-order valence-corrected chi connectivity index (χ1v) is 11.4. The van der Waals surface area contributed by atoms with Gasteiger partial charge in [-0.05, 0) is 38.2 Å². The maximum Gasteiger partial charge on any atom is 0.291 e. The lowest BCUT2D eigenvalue weighted by Crippen LogP contribution is -2.34. The van der Waals surface area contributed by atoms with Crippen LogP contribution in [0.1, 0.15) is 54.7 Å². The standard InChI is InChI=1S/C23H31N5O5/c1-13(2)11-27-21-17(7-8-18(29)26-10-9-16(12-26)33-4)14(3)25-28(21)23(32)19(22(27)31)20(30)24-15-5-6-15/h7-8,13,15-16,31H,5-6,9-12H2,1-4H3,(H,24,30)/b8-7+/t16-/m0/s1. The summed E-state index contributed by atoms with van der Waals surface area (Å²) in [4.78, 5) is 40.3. The van der Waals surface area contributed by atoms with Crippen molar-refractivity contribution in [3.63, 3.8) is 0 Å². The highest BCUT2D eigenvalue weighted by Crippen LogP contribution is 2.26. The Hall–Kier alpha value is -3.14. The van der Waals surface area contributed by atoms with Crippen LogP contribution < -0.4 is 10.9 Å². The van der Waals surface area contributed by atoms with Crippen LogP contribution in [-0.2, 0) is 16.1 Å². The molecular formula is C23H31N5O5. The highest BCUT2D eigenvalue weighted by molar-refractivity contribution is 5.97. The number of aromatic nitrogens is 3. The van der Waals surface area contributed by atoms with Gasteiger partial charge in [0.2, 0.25) is 11.8 Å². The molecule has 2 aromatic heterocycles. The van der Waals surface area contributed by atoms with Crippen LogP contribution in [0.2, 0.25) is 0 Å². The van der Waals surface area contributed by atoms with Crippen molar-refractivity contribution >= 4 is 23.5 Å². The lowest BCUT2D eigenvalue weighted by atomic mass is 10.1. The van der Waals surface area contributed by atoms with E-state index >= 15 is 0 Å². The molecule has 1 saturated carbocycles. The van der Waals surface area contributed by atoms with Crippen molar-refractivity contribution in [3.05, 3.63) is 33.3 Å². The van der Waals surface area contributed by atoms with Crippen LogP contribution in [0.5, 0.6) is 5.88 Å². The maximum absolute atomic E-state index is 13.2. The third-order valence-electron chi connectivity index (χ3n) is 6.09. The molecule has 1 aliphatic carbocycles. The van der Waals surface area contributed by atoms with Gasteiger partial charge in [-0.3, -0.25) is 19.0 Å². The van der Waals surface area contributed by atoms with E-state index in [9.17, 15) is 19.5 Å². The molecular weight excluding hydrogens is 426 g/mol. The van der Waals surface area contributed by atoms with Crippen LogP contribution in [0.4, 0.5) is 0 Å². The van der Waals surface area contributed by atoms with Gasteiger partial charge < -0.3 is 20.1 Å². The first-order chi connectivity index (χ1) is 15.7. The summed E-state index contributed by atoms with van der Waals surface area (Å²) in [6.45, 7) is 7.19. The molecule has 2 aromatic rings. The minimum absolute atomic E-state index is 0.0365. The molecule has 4 rings (SSSR count). The fourth-order valence-corrected chi connectivity index (χ4v) is 4.16. The molecule has 0 bridgehead atoms. The van der Waals surface area contributed by atoms with Gasteiger partial charge >= 0.3 is 0 Å². The van der Waals surface area contributed by atoms with Crippen molar-refractivity contribution in [2.45, 2.75) is 58.7 Å². The summed E-state index contributed by atoms with van der Waals surface area (Å²) in [5.74, 6) is -1.02. The molecule has 2 fully saturated rings. The van der Waals surface area contributed by atoms with Gasteiger partial charge in [-0.25, -0.2) is 0 Å². The number of ether oxygens (including phenoxy) is 1. The molecule has 3 heterocycles.